The Labute approximate surface area is 128 Å². The van der Waals surface area contributed by atoms with E-state index >= 15 is 0 Å². The van der Waals surface area contributed by atoms with Crippen LogP contribution in [0.25, 0.3) is 0 Å². The molecule has 4 nitrogen and oxygen atoms in total. The molecule has 6 heteroatoms. The van der Waals surface area contributed by atoms with Gasteiger partial charge in [-0.05, 0) is 36.4 Å². The van der Waals surface area contributed by atoms with Gasteiger partial charge in [0.05, 0.1) is 4.90 Å². The largest absolute Gasteiger partial charge is 0.360 e. The first kappa shape index (κ1) is 15.1. The van der Waals surface area contributed by atoms with Gasteiger partial charge in [-0.1, -0.05) is 29.8 Å². The minimum atomic E-state index is -3.82. The molecule has 106 valence electrons. The maximum absolute atomic E-state index is 12.3. The molecule has 2 aromatic carbocycles. The van der Waals surface area contributed by atoms with E-state index in [-0.39, 0.29) is 9.80 Å². The van der Waals surface area contributed by atoms with Crippen LogP contribution in [0.15, 0.2) is 70.6 Å². The number of hydrogen-bond donors (Lipinski definition) is 1. The number of halogens is 1. The number of nitriles is 1. The molecular weight excluding hydrogens is 308 g/mol. The van der Waals surface area contributed by atoms with Crippen LogP contribution in [0.3, 0.4) is 0 Å². The zero-order valence-corrected chi connectivity index (χ0v) is 12.4. The standard InChI is InChI=1S/C15H11ClN2O2S/c16-12-6-8-13(9-7-12)18-11-15(10-17)21(19,20)14-4-2-1-3-5-14/h1-9,11,18H. The van der Waals surface area contributed by atoms with Crippen molar-refractivity contribution in [1.29, 1.82) is 5.26 Å². The van der Waals surface area contributed by atoms with Gasteiger partial charge in [0.2, 0.25) is 9.84 Å². The zero-order chi connectivity index (χ0) is 15.3. The Hall–Kier alpha value is -2.29. The minimum Gasteiger partial charge on any atom is -0.360 e. The van der Waals surface area contributed by atoms with Crippen molar-refractivity contribution in [2.45, 2.75) is 4.90 Å². The highest BCUT2D eigenvalue weighted by atomic mass is 35.5. The lowest BCUT2D eigenvalue weighted by Crippen LogP contribution is -2.05. The van der Waals surface area contributed by atoms with Gasteiger partial charge in [-0.2, -0.15) is 5.26 Å². The van der Waals surface area contributed by atoms with Gasteiger partial charge in [0.25, 0.3) is 0 Å². The lowest BCUT2D eigenvalue weighted by molar-refractivity contribution is 0.603. The van der Waals surface area contributed by atoms with Crippen LogP contribution in [-0.2, 0) is 9.84 Å². The van der Waals surface area contributed by atoms with Crippen LogP contribution in [0.2, 0.25) is 5.02 Å². The van der Waals surface area contributed by atoms with Crippen LogP contribution in [0, 0.1) is 11.3 Å². The molecule has 0 atom stereocenters. The molecule has 0 saturated carbocycles. The van der Waals surface area contributed by atoms with E-state index in [0.717, 1.165) is 0 Å². The van der Waals surface area contributed by atoms with Crippen LogP contribution in [-0.4, -0.2) is 8.42 Å². The number of rotatable bonds is 4. The minimum absolute atomic E-state index is 0.0794. The molecule has 0 aliphatic carbocycles. The first-order valence-electron chi connectivity index (χ1n) is 5.96. The first-order chi connectivity index (χ1) is 10.0. The summed E-state index contributed by atoms with van der Waals surface area (Å²) >= 11 is 5.76. The molecule has 0 amide bonds. The van der Waals surface area contributed by atoms with Gasteiger partial charge in [0.15, 0.2) is 4.91 Å². The van der Waals surface area contributed by atoms with Crippen LogP contribution in [0.5, 0.6) is 0 Å². The monoisotopic (exact) mass is 318 g/mol. The maximum Gasteiger partial charge on any atom is 0.218 e. The van der Waals surface area contributed by atoms with Gasteiger partial charge in [0, 0.05) is 16.9 Å². The van der Waals surface area contributed by atoms with Gasteiger partial charge in [0.1, 0.15) is 6.07 Å². The summed E-state index contributed by atoms with van der Waals surface area (Å²) in [5, 5.41) is 12.4. The lowest BCUT2D eigenvalue weighted by atomic mass is 10.3. The van der Waals surface area contributed by atoms with Crippen molar-refractivity contribution in [1.82, 2.24) is 0 Å². The highest BCUT2D eigenvalue weighted by Gasteiger charge is 2.20. The van der Waals surface area contributed by atoms with Crippen LogP contribution < -0.4 is 5.32 Å². The molecule has 0 spiro atoms. The van der Waals surface area contributed by atoms with Gasteiger partial charge in [-0.25, -0.2) is 8.42 Å². The van der Waals surface area contributed by atoms with Gasteiger partial charge >= 0.3 is 0 Å². The molecule has 0 saturated heterocycles. The Morgan fingerprint density at radius 3 is 2.29 bits per heavy atom. The fraction of sp³-hybridized carbons (Fsp3) is 0. The third-order valence-corrected chi connectivity index (χ3v) is 4.60. The third-order valence-electron chi connectivity index (χ3n) is 2.67. The Bertz CT molecular complexity index is 792. The summed E-state index contributed by atoms with van der Waals surface area (Å²) in [4.78, 5) is -0.278. The second-order valence-electron chi connectivity index (χ2n) is 4.09. The molecule has 21 heavy (non-hydrogen) atoms. The van der Waals surface area contributed by atoms with Crippen molar-refractivity contribution in [2.75, 3.05) is 5.32 Å². The molecule has 0 aromatic heterocycles. The number of allylic oxidation sites excluding steroid dienone is 1. The van der Waals surface area contributed by atoms with Crippen LogP contribution in [0.1, 0.15) is 0 Å². The summed E-state index contributed by atoms with van der Waals surface area (Å²) in [5.41, 5.74) is 0.635. The highest BCUT2D eigenvalue weighted by molar-refractivity contribution is 7.95. The highest BCUT2D eigenvalue weighted by Crippen LogP contribution is 2.19. The quantitative estimate of drug-likeness (QED) is 0.875. The number of nitrogens with one attached hydrogen (secondary N) is 1. The summed E-state index contributed by atoms with van der Waals surface area (Å²) in [7, 11) is -3.82. The van der Waals surface area contributed by atoms with E-state index in [0.29, 0.717) is 10.7 Å². The molecule has 0 radical (unpaired) electrons. The Kier molecular flexibility index (Phi) is 4.63. The lowest BCUT2D eigenvalue weighted by Gasteiger charge is -2.04. The molecular formula is C15H11ClN2O2S. The Balaban J connectivity index is 2.29. The van der Waals surface area contributed by atoms with Gasteiger partial charge in [-0.15, -0.1) is 0 Å². The van der Waals surface area contributed by atoms with Crippen molar-refractivity contribution in [3.8, 4) is 6.07 Å². The van der Waals surface area contributed by atoms with E-state index < -0.39 is 9.84 Å². The van der Waals surface area contributed by atoms with Crippen molar-refractivity contribution < 1.29 is 8.42 Å². The van der Waals surface area contributed by atoms with Crippen molar-refractivity contribution in [3.05, 3.63) is 70.7 Å². The normalized spacial score (nSPS) is 11.7. The molecule has 2 aromatic rings. The van der Waals surface area contributed by atoms with E-state index in [4.69, 9.17) is 16.9 Å². The molecule has 0 aliphatic heterocycles. The van der Waals surface area contributed by atoms with E-state index in [1.54, 1.807) is 48.5 Å². The summed E-state index contributed by atoms with van der Waals surface area (Å²) in [6.45, 7) is 0. The molecule has 0 aliphatic rings. The average molecular weight is 319 g/mol. The summed E-state index contributed by atoms with van der Waals surface area (Å²) in [6.07, 6.45) is 1.17. The molecule has 2 rings (SSSR count). The SMILES string of the molecule is N#CC(=CNc1ccc(Cl)cc1)S(=O)(=O)c1ccccc1. The summed E-state index contributed by atoms with van der Waals surface area (Å²) < 4.78 is 24.6. The number of sulfone groups is 1. The number of benzene rings is 2. The molecule has 0 fully saturated rings. The van der Waals surface area contributed by atoms with Crippen molar-refractivity contribution in [2.24, 2.45) is 0 Å². The van der Waals surface area contributed by atoms with Gasteiger partial charge in [-0.3, -0.25) is 0 Å². The van der Waals surface area contributed by atoms with E-state index in [1.807, 2.05) is 0 Å². The topological polar surface area (TPSA) is 70.0 Å². The first-order valence-corrected chi connectivity index (χ1v) is 7.82. The van der Waals surface area contributed by atoms with Gasteiger partial charge < -0.3 is 5.32 Å². The number of hydrogen-bond acceptors (Lipinski definition) is 4. The fourth-order valence-electron chi connectivity index (χ4n) is 1.59. The van der Waals surface area contributed by atoms with E-state index in [1.165, 1.54) is 18.3 Å². The summed E-state index contributed by atoms with van der Waals surface area (Å²) in [6, 6.07) is 16.2. The molecule has 0 unspecified atom stereocenters. The van der Waals surface area contributed by atoms with Crippen LogP contribution >= 0.6 is 11.6 Å². The van der Waals surface area contributed by atoms with E-state index in [9.17, 15) is 8.42 Å². The number of anilines is 1. The van der Waals surface area contributed by atoms with E-state index in [2.05, 4.69) is 5.32 Å². The second kappa shape index (κ2) is 6.44. The number of nitrogens with zero attached hydrogens (tertiary/aromatic N) is 1. The molecule has 0 heterocycles. The smallest absolute Gasteiger partial charge is 0.218 e. The fourth-order valence-corrected chi connectivity index (χ4v) is 2.82. The van der Waals surface area contributed by atoms with Crippen LogP contribution in [0.4, 0.5) is 5.69 Å². The van der Waals surface area contributed by atoms with Crippen molar-refractivity contribution >= 4 is 27.1 Å². The predicted molar refractivity (Wildman–Crippen MR) is 82.4 cm³/mol. The van der Waals surface area contributed by atoms with Crippen molar-refractivity contribution in [3.63, 3.8) is 0 Å². The Morgan fingerprint density at radius 2 is 1.71 bits per heavy atom. The predicted octanol–water partition coefficient (Wildman–Crippen LogP) is 3.59. The average Bonchev–Trinajstić information content (AvgIpc) is 2.50. The molecule has 0 bridgehead atoms. The zero-order valence-electron chi connectivity index (χ0n) is 10.8. The second-order valence-corrected chi connectivity index (χ2v) is 6.44. The third kappa shape index (κ3) is 3.63. The maximum atomic E-state index is 12.3. The summed E-state index contributed by atoms with van der Waals surface area (Å²) in [5.74, 6) is 0. The molecule has 1 N–H and O–H groups in total. The Morgan fingerprint density at radius 1 is 1.10 bits per heavy atom.